The molecule has 0 radical (unpaired) electrons. The van der Waals surface area contributed by atoms with Crippen LogP contribution in [0.1, 0.15) is 23.2 Å². The molecular weight excluding hydrogens is 271 g/mol. The van der Waals surface area contributed by atoms with Gasteiger partial charge in [-0.3, -0.25) is 4.79 Å². The third kappa shape index (κ3) is 2.79. The molecule has 1 amide bonds. The quantitative estimate of drug-likeness (QED) is 0.909. The average Bonchev–Trinajstić information content (AvgIpc) is 2.41. The molecule has 0 spiro atoms. The first-order chi connectivity index (χ1) is 8.63. The predicted molar refractivity (Wildman–Crippen MR) is 74.1 cm³/mol. The smallest absolute Gasteiger partial charge is 0.255 e. The van der Waals surface area contributed by atoms with Crippen molar-refractivity contribution in [1.82, 2.24) is 4.90 Å². The van der Waals surface area contributed by atoms with Gasteiger partial charge in [0, 0.05) is 13.1 Å². The van der Waals surface area contributed by atoms with Gasteiger partial charge in [0.05, 0.1) is 15.6 Å². The molecule has 1 fully saturated rings. The molecule has 0 unspecified atom stereocenters. The molecular formula is C13H16Cl2N2O. The van der Waals surface area contributed by atoms with Gasteiger partial charge in [-0.1, -0.05) is 29.3 Å². The highest BCUT2D eigenvalue weighted by Gasteiger charge is 2.24. The van der Waals surface area contributed by atoms with E-state index in [4.69, 9.17) is 28.9 Å². The number of amides is 1. The summed E-state index contributed by atoms with van der Waals surface area (Å²) in [7, 11) is 0. The number of rotatable bonds is 2. The van der Waals surface area contributed by atoms with Crippen molar-refractivity contribution < 1.29 is 4.79 Å². The molecule has 18 heavy (non-hydrogen) atoms. The van der Waals surface area contributed by atoms with Crippen LogP contribution in [0.2, 0.25) is 10.0 Å². The number of piperidine rings is 1. The summed E-state index contributed by atoms with van der Waals surface area (Å²) in [5.41, 5.74) is 6.12. The van der Waals surface area contributed by atoms with Gasteiger partial charge < -0.3 is 10.6 Å². The molecule has 1 saturated heterocycles. The zero-order valence-corrected chi connectivity index (χ0v) is 11.5. The number of nitrogens with two attached hydrogens (primary N) is 1. The van der Waals surface area contributed by atoms with E-state index in [1.54, 1.807) is 18.2 Å². The van der Waals surface area contributed by atoms with E-state index in [9.17, 15) is 4.79 Å². The lowest BCUT2D eigenvalue weighted by Crippen LogP contribution is -2.40. The van der Waals surface area contributed by atoms with Crippen molar-refractivity contribution in [2.24, 2.45) is 11.7 Å². The van der Waals surface area contributed by atoms with Crippen LogP contribution in [0.15, 0.2) is 18.2 Å². The first-order valence-electron chi connectivity index (χ1n) is 6.07. The van der Waals surface area contributed by atoms with Crippen LogP contribution < -0.4 is 5.73 Å². The van der Waals surface area contributed by atoms with Crippen molar-refractivity contribution >= 4 is 29.1 Å². The molecule has 3 nitrogen and oxygen atoms in total. The highest BCUT2D eigenvalue weighted by atomic mass is 35.5. The van der Waals surface area contributed by atoms with Gasteiger partial charge in [-0.05, 0) is 37.4 Å². The molecule has 5 heteroatoms. The third-order valence-corrected chi connectivity index (χ3v) is 4.24. The normalized spacial score (nSPS) is 16.9. The summed E-state index contributed by atoms with van der Waals surface area (Å²) in [5, 5.41) is 0.754. The first kappa shape index (κ1) is 13.7. The Bertz CT molecular complexity index is 443. The summed E-state index contributed by atoms with van der Waals surface area (Å²) in [4.78, 5) is 14.1. The lowest BCUT2D eigenvalue weighted by atomic mass is 9.96. The molecule has 98 valence electrons. The minimum atomic E-state index is -0.0435. The molecule has 1 heterocycles. The maximum Gasteiger partial charge on any atom is 0.255 e. The van der Waals surface area contributed by atoms with Crippen LogP contribution in [-0.2, 0) is 0 Å². The number of carbonyl (C=O) groups is 1. The summed E-state index contributed by atoms with van der Waals surface area (Å²) >= 11 is 12.0. The Morgan fingerprint density at radius 1 is 1.33 bits per heavy atom. The largest absolute Gasteiger partial charge is 0.339 e. The topological polar surface area (TPSA) is 46.3 Å². The maximum absolute atomic E-state index is 12.3. The zero-order valence-electron chi connectivity index (χ0n) is 10.0. The SMILES string of the molecule is NCC1CCN(C(=O)c2cccc(Cl)c2Cl)CC1. The summed E-state index contributed by atoms with van der Waals surface area (Å²) in [5.74, 6) is 0.488. The second-order valence-electron chi connectivity index (χ2n) is 4.57. The fraction of sp³-hybridized carbons (Fsp3) is 0.462. The van der Waals surface area contributed by atoms with Crippen LogP contribution in [-0.4, -0.2) is 30.4 Å². The Labute approximate surface area is 117 Å². The Morgan fingerprint density at radius 2 is 2.00 bits per heavy atom. The molecule has 0 saturated carbocycles. The average molecular weight is 287 g/mol. The van der Waals surface area contributed by atoms with Gasteiger partial charge in [-0.15, -0.1) is 0 Å². The lowest BCUT2D eigenvalue weighted by molar-refractivity contribution is 0.0693. The molecule has 1 aliphatic rings. The van der Waals surface area contributed by atoms with Crippen molar-refractivity contribution in [2.75, 3.05) is 19.6 Å². The van der Waals surface area contributed by atoms with E-state index in [-0.39, 0.29) is 5.91 Å². The van der Waals surface area contributed by atoms with Crippen LogP contribution >= 0.6 is 23.2 Å². The summed E-state index contributed by atoms with van der Waals surface area (Å²) < 4.78 is 0. The second kappa shape index (κ2) is 5.91. The number of benzene rings is 1. The molecule has 1 aliphatic heterocycles. The van der Waals surface area contributed by atoms with Crippen LogP contribution in [0, 0.1) is 5.92 Å². The van der Waals surface area contributed by atoms with Crippen LogP contribution in [0.3, 0.4) is 0 Å². The minimum absolute atomic E-state index is 0.0435. The lowest BCUT2D eigenvalue weighted by Gasteiger charge is -2.31. The molecule has 2 N–H and O–H groups in total. The molecule has 1 aromatic rings. The number of likely N-dealkylation sites (tertiary alicyclic amines) is 1. The van der Waals surface area contributed by atoms with E-state index >= 15 is 0 Å². The van der Waals surface area contributed by atoms with E-state index in [2.05, 4.69) is 0 Å². The van der Waals surface area contributed by atoms with Gasteiger partial charge in [-0.25, -0.2) is 0 Å². The van der Waals surface area contributed by atoms with Crippen LogP contribution in [0.25, 0.3) is 0 Å². The number of halogens is 2. The van der Waals surface area contributed by atoms with Crippen molar-refractivity contribution in [2.45, 2.75) is 12.8 Å². The first-order valence-corrected chi connectivity index (χ1v) is 6.82. The third-order valence-electron chi connectivity index (χ3n) is 3.42. The van der Waals surface area contributed by atoms with Crippen LogP contribution in [0.5, 0.6) is 0 Å². The monoisotopic (exact) mass is 286 g/mol. The minimum Gasteiger partial charge on any atom is -0.339 e. The highest BCUT2D eigenvalue weighted by molar-refractivity contribution is 6.43. The number of carbonyl (C=O) groups excluding carboxylic acids is 1. The molecule has 2 rings (SSSR count). The molecule has 0 aliphatic carbocycles. The highest BCUT2D eigenvalue weighted by Crippen LogP contribution is 2.27. The van der Waals surface area contributed by atoms with Crippen molar-refractivity contribution in [3.8, 4) is 0 Å². The Morgan fingerprint density at radius 3 is 2.61 bits per heavy atom. The molecule has 1 aromatic carbocycles. The predicted octanol–water partition coefficient (Wildman–Crippen LogP) is 2.80. The molecule has 0 atom stereocenters. The van der Waals surface area contributed by atoms with Crippen molar-refractivity contribution in [3.05, 3.63) is 33.8 Å². The van der Waals surface area contributed by atoms with Gasteiger partial charge >= 0.3 is 0 Å². The van der Waals surface area contributed by atoms with Crippen molar-refractivity contribution in [3.63, 3.8) is 0 Å². The number of nitrogens with zero attached hydrogens (tertiary/aromatic N) is 1. The molecule has 0 aromatic heterocycles. The number of hydrogen-bond donors (Lipinski definition) is 1. The van der Waals surface area contributed by atoms with E-state index in [0.717, 1.165) is 25.9 Å². The second-order valence-corrected chi connectivity index (χ2v) is 5.36. The number of hydrogen-bond acceptors (Lipinski definition) is 2. The Balaban J connectivity index is 2.10. The van der Waals surface area contributed by atoms with Gasteiger partial charge in [-0.2, -0.15) is 0 Å². The van der Waals surface area contributed by atoms with Gasteiger partial charge in [0.25, 0.3) is 5.91 Å². The van der Waals surface area contributed by atoms with Crippen molar-refractivity contribution in [1.29, 1.82) is 0 Å². The summed E-state index contributed by atoms with van der Waals surface area (Å²) in [6.07, 6.45) is 1.92. The zero-order chi connectivity index (χ0) is 13.1. The Kier molecular flexibility index (Phi) is 4.49. The van der Waals surface area contributed by atoms with Gasteiger partial charge in [0.1, 0.15) is 0 Å². The summed E-state index contributed by atoms with van der Waals surface area (Å²) in [6, 6.07) is 5.14. The fourth-order valence-corrected chi connectivity index (χ4v) is 2.59. The van der Waals surface area contributed by atoms with Gasteiger partial charge in [0.2, 0.25) is 0 Å². The van der Waals surface area contributed by atoms with E-state index < -0.39 is 0 Å². The Hall–Kier alpha value is -0.770. The van der Waals surface area contributed by atoms with E-state index in [1.165, 1.54) is 0 Å². The van der Waals surface area contributed by atoms with E-state index in [0.29, 0.717) is 28.1 Å². The van der Waals surface area contributed by atoms with Gasteiger partial charge in [0.15, 0.2) is 0 Å². The van der Waals surface area contributed by atoms with E-state index in [1.807, 2.05) is 4.90 Å². The standard InChI is InChI=1S/C13H16Cl2N2O/c14-11-3-1-2-10(12(11)15)13(18)17-6-4-9(8-16)5-7-17/h1-3,9H,4-8,16H2. The fourth-order valence-electron chi connectivity index (χ4n) is 2.21. The summed E-state index contributed by atoms with van der Waals surface area (Å²) in [6.45, 7) is 2.17. The maximum atomic E-state index is 12.3. The van der Waals surface area contributed by atoms with Crippen LogP contribution in [0.4, 0.5) is 0 Å². The molecule has 0 bridgehead atoms.